The molecule has 0 fully saturated rings. The first kappa shape index (κ1) is 27.5. The highest BCUT2D eigenvalue weighted by Crippen LogP contribution is 2.21. The predicted molar refractivity (Wildman–Crippen MR) is 154 cm³/mol. The molecule has 0 heterocycles. The van der Waals surface area contributed by atoms with Gasteiger partial charge in [-0.25, -0.2) is 4.79 Å². The Kier molecular flexibility index (Phi) is 9.00. The van der Waals surface area contributed by atoms with E-state index in [1.807, 2.05) is 118 Å². The Morgan fingerprint density at radius 2 is 1.33 bits per heavy atom. The van der Waals surface area contributed by atoms with Crippen molar-refractivity contribution in [3.63, 3.8) is 0 Å². The summed E-state index contributed by atoms with van der Waals surface area (Å²) in [6, 6.07) is 34.2. The van der Waals surface area contributed by atoms with E-state index in [4.69, 9.17) is 9.47 Å². The SMILES string of the molecule is CC(C)(C)OC(=O)N(Cc1ccccc1)Cc1cccc(OCc2cccc(NC(=O)c3ccccc3)c2)c1. The van der Waals surface area contributed by atoms with Gasteiger partial charge in [0.1, 0.15) is 18.0 Å². The van der Waals surface area contributed by atoms with Crippen molar-refractivity contribution in [3.8, 4) is 5.75 Å². The lowest BCUT2D eigenvalue weighted by Crippen LogP contribution is -2.36. The molecule has 1 N–H and O–H groups in total. The summed E-state index contributed by atoms with van der Waals surface area (Å²) in [5.74, 6) is 0.529. The first-order chi connectivity index (χ1) is 18.7. The fourth-order valence-corrected chi connectivity index (χ4v) is 3.97. The number of carbonyl (C=O) groups excluding carboxylic acids is 2. The number of nitrogens with zero attached hydrogens (tertiary/aromatic N) is 1. The van der Waals surface area contributed by atoms with Crippen LogP contribution < -0.4 is 10.1 Å². The summed E-state index contributed by atoms with van der Waals surface area (Å²) in [6.07, 6.45) is -0.368. The van der Waals surface area contributed by atoms with Crippen LogP contribution >= 0.6 is 0 Å². The highest BCUT2D eigenvalue weighted by Gasteiger charge is 2.22. The van der Waals surface area contributed by atoms with E-state index in [1.54, 1.807) is 17.0 Å². The zero-order chi connectivity index (χ0) is 27.7. The molecular weight excluding hydrogens is 488 g/mol. The molecule has 0 aliphatic carbocycles. The van der Waals surface area contributed by atoms with Crippen LogP contribution in [0.15, 0.2) is 109 Å². The lowest BCUT2D eigenvalue weighted by molar-refractivity contribution is 0.0216. The monoisotopic (exact) mass is 522 g/mol. The number of ether oxygens (including phenoxy) is 2. The molecule has 0 radical (unpaired) electrons. The van der Waals surface area contributed by atoms with Crippen LogP contribution in [0.1, 0.15) is 47.8 Å². The van der Waals surface area contributed by atoms with Crippen LogP contribution in [-0.2, 0) is 24.4 Å². The van der Waals surface area contributed by atoms with Gasteiger partial charge >= 0.3 is 6.09 Å². The van der Waals surface area contributed by atoms with Crippen LogP contribution in [0.5, 0.6) is 5.75 Å². The number of anilines is 1. The highest BCUT2D eigenvalue weighted by atomic mass is 16.6. The van der Waals surface area contributed by atoms with Gasteiger partial charge in [0.25, 0.3) is 5.91 Å². The molecule has 4 aromatic carbocycles. The van der Waals surface area contributed by atoms with Gasteiger partial charge in [-0.15, -0.1) is 0 Å². The average molecular weight is 523 g/mol. The van der Waals surface area contributed by atoms with Crippen LogP contribution in [0.2, 0.25) is 0 Å². The fraction of sp³-hybridized carbons (Fsp3) is 0.212. The maximum absolute atomic E-state index is 13.0. The molecule has 39 heavy (non-hydrogen) atoms. The number of hydrogen-bond donors (Lipinski definition) is 1. The fourth-order valence-electron chi connectivity index (χ4n) is 3.97. The molecule has 0 aromatic heterocycles. The first-order valence-corrected chi connectivity index (χ1v) is 12.9. The Balaban J connectivity index is 1.41. The van der Waals surface area contributed by atoms with Crippen molar-refractivity contribution in [2.24, 2.45) is 0 Å². The number of nitrogens with one attached hydrogen (secondary N) is 1. The summed E-state index contributed by atoms with van der Waals surface area (Å²) < 4.78 is 11.7. The van der Waals surface area contributed by atoms with Gasteiger partial charge < -0.3 is 14.8 Å². The molecule has 0 unspecified atom stereocenters. The third kappa shape index (κ3) is 8.75. The van der Waals surface area contributed by atoms with Crippen LogP contribution in [0.3, 0.4) is 0 Å². The molecule has 6 heteroatoms. The van der Waals surface area contributed by atoms with Crippen LogP contribution in [-0.4, -0.2) is 22.5 Å². The Hall–Kier alpha value is -4.58. The molecule has 4 aromatic rings. The van der Waals surface area contributed by atoms with Gasteiger partial charge in [-0.05, 0) is 73.9 Å². The minimum Gasteiger partial charge on any atom is -0.489 e. The van der Waals surface area contributed by atoms with Crippen LogP contribution in [0.4, 0.5) is 10.5 Å². The summed E-state index contributed by atoms with van der Waals surface area (Å²) in [4.78, 5) is 27.2. The number of benzene rings is 4. The third-order valence-corrected chi connectivity index (χ3v) is 5.77. The minimum absolute atomic E-state index is 0.161. The second-order valence-electron chi connectivity index (χ2n) is 10.3. The number of rotatable bonds is 9. The van der Waals surface area contributed by atoms with Gasteiger partial charge in [-0.3, -0.25) is 9.69 Å². The molecule has 0 spiro atoms. The van der Waals surface area contributed by atoms with Gasteiger partial charge in [0, 0.05) is 24.3 Å². The molecule has 200 valence electrons. The quantitative estimate of drug-likeness (QED) is 0.248. The Morgan fingerprint density at radius 3 is 2.05 bits per heavy atom. The lowest BCUT2D eigenvalue weighted by atomic mass is 10.1. The molecular formula is C33H34N2O4. The number of carbonyl (C=O) groups is 2. The standard InChI is InChI=1S/C33H34N2O4/c1-33(2,3)39-32(37)35(22-25-12-6-4-7-13-25)23-26-14-11-19-30(21-26)38-24-27-15-10-18-29(20-27)34-31(36)28-16-8-5-9-17-28/h4-21H,22-24H2,1-3H3,(H,34,36). The van der Waals surface area contributed by atoms with Crippen LogP contribution in [0.25, 0.3) is 0 Å². The summed E-state index contributed by atoms with van der Waals surface area (Å²) in [5, 5.41) is 2.93. The summed E-state index contributed by atoms with van der Waals surface area (Å²) in [7, 11) is 0. The summed E-state index contributed by atoms with van der Waals surface area (Å²) in [6.45, 7) is 6.73. The third-order valence-electron chi connectivity index (χ3n) is 5.77. The number of amides is 2. The highest BCUT2D eigenvalue weighted by molar-refractivity contribution is 6.04. The molecule has 4 rings (SSSR count). The van der Waals surface area contributed by atoms with Gasteiger partial charge in [-0.1, -0.05) is 72.8 Å². The van der Waals surface area contributed by atoms with E-state index < -0.39 is 5.60 Å². The number of hydrogen-bond acceptors (Lipinski definition) is 4. The van der Waals surface area contributed by atoms with Gasteiger partial charge in [0.15, 0.2) is 0 Å². The van der Waals surface area contributed by atoms with E-state index >= 15 is 0 Å². The first-order valence-electron chi connectivity index (χ1n) is 12.9. The smallest absolute Gasteiger partial charge is 0.410 e. The topological polar surface area (TPSA) is 67.9 Å². The molecule has 2 amide bonds. The van der Waals surface area contributed by atoms with Crippen LogP contribution in [0, 0.1) is 0 Å². The molecule has 0 bridgehead atoms. The van der Waals surface area contributed by atoms with Crippen molar-refractivity contribution in [2.75, 3.05) is 5.32 Å². The van der Waals surface area contributed by atoms with Crippen molar-refractivity contribution in [1.82, 2.24) is 4.90 Å². The van der Waals surface area contributed by atoms with Crippen molar-refractivity contribution in [3.05, 3.63) is 131 Å². The molecule has 0 aliphatic heterocycles. The van der Waals surface area contributed by atoms with E-state index in [2.05, 4.69) is 5.32 Å². The Bertz CT molecular complexity index is 1380. The van der Waals surface area contributed by atoms with Gasteiger partial charge in [-0.2, -0.15) is 0 Å². The normalized spacial score (nSPS) is 10.9. The summed E-state index contributed by atoms with van der Waals surface area (Å²) >= 11 is 0. The Labute approximate surface area is 230 Å². The summed E-state index contributed by atoms with van der Waals surface area (Å²) in [5.41, 5.74) is 3.58. The van der Waals surface area contributed by atoms with Crippen molar-refractivity contribution in [1.29, 1.82) is 0 Å². The average Bonchev–Trinajstić information content (AvgIpc) is 2.92. The van der Waals surface area contributed by atoms with Crippen molar-refractivity contribution < 1.29 is 19.1 Å². The van der Waals surface area contributed by atoms with E-state index in [1.165, 1.54) is 0 Å². The van der Waals surface area contributed by atoms with Crippen molar-refractivity contribution >= 4 is 17.7 Å². The molecule has 0 atom stereocenters. The van der Waals surface area contributed by atoms with E-state index in [0.717, 1.165) is 16.7 Å². The van der Waals surface area contributed by atoms with Crippen molar-refractivity contribution in [2.45, 2.75) is 46.1 Å². The van der Waals surface area contributed by atoms with E-state index in [9.17, 15) is 9.59 Å². The minimum atomic E-state index is -0.591. The lowest BCUT2D eigenvalue weighted by Gasteiger charge is -2.27. The molecule has 6 nitrogen and oxygen atoms in total. The maximum atomic E-state index is 13.0. The Morgan fingerprint density at radius 1 is 0.718 bits per heavy atom. The predicted octanol–water partition coefficient (Wildman–Crippen LogP) is 7.46. The van der Waals surface area contributed by atoms with Gasteiger partial charge in [0.2, 0.25) is 0 Å². The van der Waals surface area contributed by atoms with Gasteiger partial charge in [0.05, 0.1) is 0 Å². The zero-order valence-electron chi connectivity index (χ0n) is 22.6. The maximum Gasteiger partial charge on any atom is 0.410 e. The van der Waals surface area contributed by atoms with E-state index in [-0.39, 0.29) is 12.0 Å². The second kappa shape index (κ2) is 12.8. The molecule has 0 saturated heterocycles. The van der Waals surface area contributed by atoms with E-state index in [0.29, 0.717) is 36.7 Å². The molecule has 0 aliphatic rings. The molecule has 0 saturated carbocycles. The largest absolute Gasteiger partial charge is 0.489 e. The second-order valence-corrected chi connectivity index (χ2v) is 10.3. The zero-order valence-corrected chi connectivity index (χ0v) is 22.6.